The van der Waals surface area contributed by atoms with Crippen molar-refractivity contribution in [1.29, 1.82) is 0 Å². The van der Waals surface area contributed by atoms with Crippen molar-refractivity contribution in [2.45, 2.75) is 13.0 Å². The molecule has 5 heteroatoms. The monoisotopic (exact) mass is 219 g/mol. The maximum atomic E-state index is 11.7. The third-order valence-electron chi connectivity index (χ3n) is 3.03. The molecule has 0 spiro atoms. The summed E-state index contributed by atoms with van der Waals surface area (Å²) in [6, 6.07) is 3.54. The fourth-order valence-electron chi connectivity index (χ4n) is 2.19. The van der Waals surface area contributed by atoms with Gasteiger partial charge in [0.2, 0.25) is 0 Å². The van der Waals surface area contributed by atoms with Gasteiger partial charge in [-0.1, -0.05) is 0 Å². The number of fused-ring (bicyclic) bond motifs is 1. The molecule has 0 radical (unpaired) electrons. The van der Waals surface area contributed by atoms with Crippen LogP contribution in [0.25, 0.3) is 11.2 Å². The molecule has 1 saturated heterocycles. The van der Waals surface area contributed by atoms with E-state index in [2.05, 4.69) is 10.3 Å². The number of nitrogens with one attached hydrogen (secondary N) is 1. The van der Waals surface area contributed by atoms with Gasteiger partial charge >= 0.3 is 5.76 Å². The second kappa shape index (κ2) is 3.75. The third kappa shape index (κ3) is 1.53. The molecule has 1 atom stereocenters. The summed E-state index contributed by atoms with van der Waals surface area (Å²) in [7, 11) is 0. The van der Waals surface area contributed by atoms with Crippen molar-refractivity contribution in [1.82, 2.24) is 14.9 Å². The van der Waals surface area contributed by atoms with Gasteiger partial charge in [-0.15, -0.1) is 0 Å². The van der Waals surface area contributed by atoms with Gasteiger partial charge in [0.05, 0.1) is 0 Å². The molecule has 5 nitrogen and oxygen atoms in total. The molecule has 1 fully saturated rings. The first-order chi connectivity index (χ1) is 7.84. The Kier molecular flexibility index (Phi) is 2.25. The zero-order valence-corrected chi connectivity index (χ0v) is 8.85. The Morgan fingerprint density at radius 1 is 1.62 bits per heavy atom. The number of rotatable bonds is 2. The van der Waals surface area contributed by atoms with Gasteiger partial charge in [0.15, 0.2) is 11.2 Å². The first kappa shape index (κ1) is 9.59. The van der Waals surface area contributed by atoms with Crippen LogP contribution in [-0.4, -0.2) is 22.6 Å². The molecule has 0 bridgehead atoms. The lowest BCUT2D eigenvalue weighted by atomic mass is 10.1. The third-order valence-corrected chi connectivity index (χ3v) is 3.03. The molecule has 0 amide bonds. The first-order valence-electron chi connectivity index (χ1n) is 5.49. The Bertz CT molecular complexity index is 552. The number of oxazole rings is 1. The highest BCUT2D eigenvalue weighted by Crippen LogP contribution is 2.14. The molecule has 2 aromatic rings. The fourth-order valence-corrected chi connectivity index (χ4v) is 2.19. The van der Waals surface area contributed by atoms with E-state index < -0.39 is 0 Å². The largest absolute Gasteiger partial charge is 0.421 e. The van der Waals surface area contributed by atoms with Crippen molar-refractivity contribution in [3.63, 3.8) is 0 Å². The average Bonchev–Trinajstić information content (AvgIpc) is 2.89. The smallest absolute Gasteiger partial charge is 0.406 e. The number of hydrogen-bond donors (Lipinski definition) is 1. The summed E-state index contributed by atoms with van der Waals surface area (Å²) in [5.41, 5.74) is 1.22. The summed E-state index contributed by atoms with van der Waals surface area (Å²) >= 11 is 0. The van der Waals surface area contributed by atoms with Crippen LogP contribution < -0.4 is 11.1 Å². The predicted octanol–water partition coefficient (Wildman–Crippen LogP) is 0.599. The van der Waals surface area contributed by atoms with Gasteiger partial charge in [0.25, 0.3) is 0 Å². The zero-order valence-electron chi connectivity index (χ0n) is 8.85. The lowest BCUT2D eigenvalue weighted by Gasteiger charge is -2.07. The molecule has 2 aromatic heterocycles. The quantitative estimate of drug-likeness (QED) is 0.803. The molecular formula is C11H13N3O2. The van der Waals surface area contributed by atoms with Crippen LogP contribution in [0.4, 0.5) is 0 Å². The van der Waals surface area contributed by atoms with Gasteiger partial charge in [0.1, 0.15) is 0 Å². The van der Waals surface area contributed by atoms with Crippen LogP contribution in [0, 0.1) is 5.92 Å². The summed E-state index contributed by atoms with van der Waals surface area (Å²) in [4.78, 5) is 15.9. The van der Waals surface area contributed by atoms with Crippen LogP contribution in [-0.2, 0) is 6.54 Å². The molecule has 3 heterocycles. The van der Waals surface area contributed by atoms with E-state index >= 15 is 0 Å². The topological polar surface area (TPSA) is 60.1 Å². The van der Waals surface area contributed by atoms with Gasteiger partial charge in [-0.05, 0) is 37.6 Å². The van der Waals surface area contributed by atoms with Gasteiger partial charge < -0.3 is 9.73 Å². The minimum atomic E-state index is -0.305. The Morgan fingerprint density at radius 3 is 3.38 bits per heavy atom. The lowest BCUT2D eigenvalue weighted by molar-refractivity contribution is 0.437. The second-order valence-electron chi connectivity index (χ2n) is 4.16. The van der Waals surface area contributed by atoms with Crippen LogP contribution in [0.2, 0.25) is 0 Å². The van der Waals surface area contributed by atoms with E-state index in [1.807, 2.05) is 0 Å². The highest BCUT2D eigenvalue weighted by atomic mass is 16.4. The maximum absolute atomic E-state index is 11.7. The molecule has 0 aromatic carbocycles. The second-order valence-corrected chi connectivity index (χ2v) is 4.16. The van der Waals surface area contributed by atoms with E-state index in [1.165, 1.54) is 0 Å². The fraction of sp³-hybridized carbons (Fsp3) is 0.455. The van der Waals surface area contributed by atoms with Crippen molar-refractivity contribution in [2.24, 2.45) is 5.92 Å². The molecule has 1 unspecified atom stereocenters. The molecule has 16 heavy (non-hydrogen) atoms. The van der Waals surface area contributed by atoms with E-state index in [4.69, 9.17) is 4.42 Å². The Hall–Kier alpha value is -1.62. The van der Waals surface area contributed by atoms with Crippen LogP contribution in [0.1, 0.15) is 6.42 Å². The molecule has 1 N–H and O–H groups in total. The van der Waals surface area contributed by atoms with Crippen LogP contribution in [0.3, 0.4) is 0 Å². The Labute approximate surface area is 92.1 Å². The zero-order chi connectivity index (χ0) is 11.0. The Morgan fingerprint density at radius 2 is 2.56 bits per heavy atom. The summed E-state index contributed by atoms with van der Waals surface area (Å²) < 4.78 is 6.77. The number of hydrogen-bond acceptors (Lipinski definition) is 4. The minimum absolute atomic E-state index is 0.305. The van der Waals surface area contributed by atoms with Crippen molar-refractivity contribution in [2.75, 3.05) is 13.1 Å². The lowest BCUT2D eigenvalue weighted by Crippen LogP contribution is -2.21. The summed E-state index contributed by atoms with van der Waals surface area (Å²) in [5, 5.41) is 3.29. The van der Waals surface area contributed by atoms with Crippen LogP contribution >= 0.6 is 0 Å². The summed E-state index contributed by atoms with van der Waals surface area (Å²) in [6.07, 6.45) is 2.78. The Balaban J connectivity index is 2.01. The van der Waals surface area contributed by atoms with Gasteiger partial charge in [-0.25, -0.2) is 9.78 Å². The predicted molar refractivity (Wildman–Crippen MR) is 59.2 cm³/mol. The highest BCUT2D eigenvalue weighted by Gasteiger charge is 2.18. The SMILES string of the molecule is O=c1oc2cccnc2n1CC1CCNC1. The van der Waals surface area contributed by atoms with E-state index in [1.54, 1.807) is 22.9 Å². The first-order valence-corrected chi connectivity index (χ1v) is 5.49. The van der Waals surface area contributed by atoms with Crippen LogP contribution in [0.5, 0.6) is 0 Å². The number of pyridine rings is 1. The number of nitrogens with zero attached hydrogens (tertiary/aromatic N) is 2. The van der Waals surface area contributed by atoms with E-state index in [0.29, 0.717) is 23.7 Å². The normalized spacial score (nSPS) is 20.6. The molecule has 1 aliphatic heterocycles. The van der Waals surface area contributed by atoms with Crippen molar-refractivity contribution in [3.8, 4) is 0 Å². The van der Waals surface area contributed by atoms with Crippen LogP contribution in [0.15, 0.2) is 27.5 Å². The summed E-state index contributed by atoms with van der Waals surface area (Å²) in [5.74, 6) is 0.195. The molecule has 84 valence electrons. The van der Waals surface area contributed by atoms with Crippen molar-refractivity contribution in [3.05, 3.63) is 28.9 Å². The van der Waals surface area contributed by atoms with Gasteiger partial charge in [-0.3, -0.25) is 4.57 Å². The maximum Gasteiger partial charge on any atom is 0.421 e. The molecule has 0 saturated carbocycles. The highest BCUT2D eigenvalue weighted by molar-refractivity contribution is 5.67. The van der Waals surface area contributed by atoms with Gasteiger partial charge in [-0.2, -0.15) is 0 Å². The van der Waals surface area contributed by atoms with E-state index in [9.17, 15) is 4.79 Å². The van der Waals surface area contributed by atoms with Crippen molar-refractivity contribution >= 4 is 11.2 Å². The van der Waals surface area contributed by atoms with E-state index in [0.717, 1.165) is 19.5 Å². The summed E-state index contributed by atoms with van der Waals surface area (Å²) in [6.45, 7) is 2.68. The molecular weight excluding hydrogens is 206 g/mol. The molecule has 0 aliphatic carbocycles. The molecule has 3 rings (SSSR count). The standard InChI is InChI=1S/C11H13N3O2/c15-11-14(7-8-3-5-12-6-8)10-9(16-11)2-1-4-13-10/h1-2,4,8,12H,3,5-7H2. The molecule has 1 aliphatic rings. The van der Waals surface area contributed by atoms with E-state index in [-0.39, 0.29) is 5.76 Å². The van der Waals surface area contributed by atoms with Crippen molar-refractivity contribution < 1.29 is 4.42 Å². The minimum Gasteiger partial charge on any atom is -0.406 e. The number of aromatic nitrogens is 2. The average molecular weight is 219 g/mol. The van der Waals surface area contributed by atoms with Gasteiger partial charge in [0, 0.05) is 12.7 Å².